The molecule has 1 fully saturated rings. The van der Waals surface area contributed by atoms with Gasteiger partial charge in [-0.3, -0.25) is 9.78 Å². The SMILES string of the molecule is Cc1cccc(CNC(=O)C2(CN)CC2)n1. The topological polar surface area (TPSA) is 68.0 Å². The minimum Gasteiger partial charge on any atom is -0.350 e. The van der Waals surface area contributed by atoms with Crippen LogP contribution in [0.5, 0.6) is 0 Å². The quantitative estimate of drug-likeness (QED) is 0.785. The van der Waals surface area contributed by atoms with Gasteiger partial charge in [-0.05, 0) is 31.9 Å². The van der Waals surface area contributed by atoms with Gasteiger partial charge in [-0.1, -0.05) is 6.07 Å². The van der Waals surface area contributed by atoms with E-state index in [-0.39, 0.29) is 11.3 Å². The molecule has 1 aromatic rings. The monoisotopic (exact) mass is 219 g/mol. The highest BCUT2D eigenvalue weighted by Crippen LogP contribution is 2.44. The fourth-order valence-corrected chi connectivity index (χ4v) is 1.73. The Morgan fingerprint density at radius 2 is 2.31 bits per heavy atom. The number of nitrogens with two attached hydrogens (primary N) is 1. The van der Waals surface area contributed by atoms with Crippen molar-refractivity contribution in [3.8, 4) is 0 Å². The first-order chi connectivity index (χ1) is 7.66. The lowest BCUT2D eigenvalue weighted by Crippen LogP contribution is -2.36. The zero-order valence-corrected chi connectivity index (χ0v) is 9.49. The maximum Gasteiger partial charge on any atom is 0.227 e. The van der Waals surface area contributed by atoms with Gasteiger partial charge >= 0.3 is 0 Å². The number of aryl methyl sites for hydroxylation is 1. The Bertz CT molecular complexity index is 399. The van der Waals surface area contributed by atoms with Crippen molar-refractivity contribution in [2.45, 2.75) is 26.3 Å². The Kier molecular flexibility index (Phi) is 2.92. The zero-order chi connectivity index (χ0) is 11.6. The van der Waals surface area contributed by atoms with Gasteiger partial charge in [0.25, 0.3) is 0 Å². The molecule has 1 aromatic heterocycles. The third-order valence-corrected chi connectivity index (χ3v) is 3.10. The molecule has 86 valence electrons. The van der Waals surface area contributed by atoms with Crippen LogP contribution in [0.2, 0.25) is 0 Å². The van der Waals surface area contributed by atoms with E-state index in [1.807, 2.05) is 25.1 Å². The Hall–Kier alpha value is -1.42. The summed E-state index contributed by atoms with van der Waals surface area (Å²) < 4.78 is 0. The summed E-state index contributed by atoms with van der Waals surface area (Å²) in [4.78, 5) is 16.1. The molecule has 3 N–H and O–H groups in total. The van der Waals surface area contributed by atoms with Crippen LogP contribution in [0, 0.1) is 12.3 Å². The molecule has 0 saturated heterocycles. The van der Waals surface area contributed by atoms with Gasteiger partial charge in [0.15, 0.2) is 0 Å². The van der Waals surface area contributed by atoms with E-state index in [9.17, 15) is 4.79 Å². The number of nitrogens with one attached hydrogen (secondary N) is 1. The number of hydrogen-bond acceptors (Lipinski definition) is 3. The summed E-state index contributed by atoms with van der Waals surface area (Å²) in [6.07, 6.45) is 1.83. The van der Waals surface area contributed by atoms with Crippen LogP contribution in [0.25, 0.3) is 0 Å². The zero-order valence-electron chi connectivity index (χ0n) is 9.49. The number of nitrogens with zero attached hydrogens (tertiary/aromatic N) is 1. The summed E-state index contributed by atoms with van der Waals surface area (Å²) in [6, 6.07) is 5.79. The summed E-state index contributed by atoms with van der Waals surface area (Å²) >= 11 is 0. The van der Waals surface area contributed by atoms with Crippen LogP contribution in [0.3, 0.4) is 0 Å². The van der Waals surface area contributed by atoms with Crippen LogP contribution in [0.15, 0.2) is 18.2 Å². The molecule has 1 aliphatic rings. The largest absolute Gasteiger partial charge is 0.350 e. The van der Waals surface area contributed by atoms with Gasteiger partial charge < -0.3 is 11.1 Å². The highest BCUT2D eigenvalue weighted by Gasteiger charge is 2.48. The highest BCUT2D eigenvalue weighted by molar-refractivity contribution is 5.85. The molecule has 0 unspecified atom stereocenters. The van der Waals surface area contributed by atoms with Gasteiger partial charge in [0.05, 0.1) is 17.7 Å². The molecule has 4 nitrogen and oxygen atoms in total. The van der Waals surface area contributed by atoms with E-state index in [2.05, 4.69) is 10.3 Å². The van der Waals surface area contributed by atoms with E-state index >= 15 is 0 Å². The summed E-state index contributed by atoms with van der Waals surface area (Å²) in [5, 5.41) is 2.90. The molecular formula is C12H17N3O. The highest BCUT2D eigenvalue weighted by atomic mass is 16.2. The summed E-state index contributed by atoms with van der Waals surface area (Å²) in [5.74, 6) is 0.0679. The fraction of sp³-hybridized carbons (Fsp3) is 0.500. The second-order valence-corrected chi connectivity index (χ2v) is 4.44. The first kappa shape index (κ1) is 11.1. The van der Waals surface area contributed by atoms with E-state index in [0.717, 1.165) is 24.2 Å². The number of hydrogen-bond donors (Lipinski definition) is 2. The van der Waals surface area contributed by atoms with Gasteiger partial charge in [0.2, 0.25) is 5.91 Å². The van der Waals surface area contributed by atoms with E-state index in [1.54, 1.807) is 0 Å². The summed E-state index contributed by atoms with van der Waals surface area (Å²) in [5.41, 5.74) is 7.17. The second-order valence-electron chi connectivity index (χ2n) is 4.44. The molecule has 1 amide bonds. The number of amides is 1. The van der Waals surface area contributed by atoms with Gasteiger partial charge in [0, 0.05) is 12.2 Å². The Balaban J connectivity index is 1.90. The molecule has 0 aromatic carbocycles. The van der Waals surface area contributed by atoms with Crippen LogP contribution in [0.4, 0.5) is 0 Å². The van der Waals surface area contributed by atoms with E-state index in [4.69, 9.17) is 5.73 Å². The van der Waals surface area contributed by atoms with Crippen molar-refractivity contribution in [1.82, 2.24) is 10.3 Å². The van der Waals surface area contributed by atoms with Crippen molar-refractivity contribution in [3.05, 3.63) is 29.6 Å². The molecule has 4 heteroatoms. The van der Waals surface area contributed by atoms with Crippen LogP contribution in [0.1, 0.15) is 24.2 Å². The molecule has 0 bridgehead atoms. The third kappa shape index (κ3) is 2.22. The number of pyridine rings is 1. The van der Waals surface area contributed by atoms with Gasteiger partial charge in [-0.15, -0.1) is 0 Å². The number of rotatable bonds is 4. The first-order valence-corrected chi connectivity index (χ1v) is 5.57. The van der Waals surface area contributed by atoms with Crippen molar-refractivity contribution in [2.24, 2.45) is 11.1 Å². The van der Waals surface area contributed by atoms with E-state index in [0.29, 0.717) is 13.1 Å². The first-order valence-electron chi connectivity index (χ1n) is 5.57. The third-order valence-electron chi connectivity index (χ3n) is 3.10. The molecule has 0 atom stereocenters. The van der Waals surface area contributed by atoms with Crippen molar-refractivity contribution < 1.29 is 4.79 Å². The van der Waals surface area contributed by atoms with Crippen molar-refractivity contribution in [1.29, 1.82) is 0 Å². The summed E-state index contributed by atoms with van der Waals surface area (Å²) in [6.45, 7) is 2.87. The van der Waals surface area contributed by atoms with Crippen LogP contribution < -0.4 is 11.1 Å². The normalized spacial score (nSPS) is 16.9. The lowest BCUT2D eigenvalue weighted by molar-refractivity contribution is -0.126. The molecule has 0 aliphatic heterocycles. The number of carbonyl (C=O) groups excluding carboxylic acids is 1. The maximum absolute atomic E-state index is 11.8. The van der Waals surface area contributed by atoms with Crippen molar-refractivity contribution in [2.75, 3.05) is 6.54 Å². The minimum absolute atomic E-state index is 0.0679. The van der Waals surface area contributed by atoms with Gasteiger partial charge in [-0.25, -0.2) is 0 Å². The fourth-order valence-electron chi connectivity index (χ4n) is 1.73. The van der Waals surface area contributed by atoms with Gasteiger partial charge in [0.1, 0.15) is 0 Å². The molecule has 0 radical (unpaired) electrons. The van der Waals surface area contributed by atoms with Crippen LogP contribution in [-0.4, -0.2) is 17.4 Å². The van der Waals surface area contributed by atoms with E-state index < -0.39 is 0 Å². The van der Waals surface area contributed by atoms with Crippen molar-refractivity contribution in [3.63, 3.8) is 0 Å². The minimum atomic E-state index is -0.274. The average molecular weight is 219 g/mol. The lowest BCUT2D eigenvalue weighted by Gasteiger charge is -2.12. The number of aromatic nitrogens is 1. The average Bonchev–Trinajstić information content (AvgIpc) is 3.07. The maximum atomic E-state index is 11.8. The smallest absolute Gasteiger partial charge is 0.227 e. The molecule has 16 heavy (non-hydrogen) atoms. The van der Waals surface area contributed by atoms with Gasteiger partial charge in [-0.2, -0.15) is 0 Å². The Morgan fingerprint density at radius 3 is 2.88 bits per heavy atom. The van der Waals surface area contributed by atoms with Crippen LogP contribution >= 0.6 is 0 Å². The predicted molar refractivity (Wildman–Crippen MR) is 61.5 cm³/mol. The molecule has 1 aliphatic carbocycles. The molecule has 0 spiro atoms. The number of carbonyl (C=O) groups is 1. The lowest BCUT2D eigenvalue weighted by atomic mass is 10.1. The Labute approximate surface area is 95.3 Å². The predicted octanol–water partition coefficient (Wildman–Crippen LogP) is 0.745. The summed E-state index contributed by atoms with van der Waals surface area (Å²) in [7, 11) is 0. The molecule has 1 saturated carbocycles. The van der Waals surface area contributed by atoms with E-state index in [1.165, 1.54) is 0 Å². The van der Waals surface area contributed by atoms with Crippen LogP contribution in [-0.2, 0) is 11.3 Å². The molecular weight excluding hydrogens is 202 g/mol. The van der Waals surface area contributed by atoms with Crippen molar-refractivity contribution >= 4 is 5.91 Å². The molecule has 2 rings (SSSR count). The Morgan fingerprint density at radius 1 is 1.56 bits per heavy atom. The second kappa shape index (κ2) is 4.22. The standard InChI is InChI=1S/C12H17N3O/c1-9-3-2-4-10(15-9)7-14-11(16)12(8-13)5-6-12/h2-4H,5-8,13H2,1H3,(H,14,16). The molecule has 1 heterocycles.